The van der Waals surface area contributed by atoms with E-state index in [1.165, 1.54) is 16.4 Å². The van der Waals surface area contributed by atoms with Crippen LogP contribution in [0.4, 0.5) is 5.69 Å². The lowest BCUT2D eigenvalue weighted by molar-refractivity contribution is -0.119. The molecule has 0 spiro atoms. The molecule has 0 fully saturated rings. The van der Waals surface area contributed by atoms with Crippen molar-refractivity contribution in [3.8, 4) is 0 Å². The second-order valence-corrected chi connectivity index (χ2v) is 10.4. The normalized spacial score (nSPS) is 11.4. The molecule has 0 aromatic heterocycles. The maximum absolute atomic E-state index is 13.4. The number of carbonyl (C=O) groups is 1. The van der Waals surface area contributed by atoms with Gasteiger partial charge in [0.1, 0.15) is 6.54 Å². The van der Waals surface area contributed by atoms with Crippen LogP contribution in [0.2, 0.25) is 5.02 Å². The summed E-state index contributed by atoms with van der Waals surface area (Å²) in [5, 5.41) is 3.53. The van der Waals surface area contributed by atoms with Gasteiger partial charge in [0, 0.05) is 11.6 Å². The zero-order valence-electron chi connectivity index (χ0n) is 18.9. The Bertz CT molecular complexity index is 1150. The Labute approximate surface area is 201 Å². The number of amides is 1. The molecule has 33 heavy (non-hydrogen) atoms. The fourth-order valence-corrected chi connectivity index (χ4v) is 4.99. The molecule has 0 unspecified atom stereocenters. The molecule has 3 aromatic rings. The molecule has 0 aliphatic heterocycles. The Balaban J connectivity index is 1.71. The van der Waals surface area contributed by atoms with Crippen LogP contribution in [0.25, 0.3) is 0 Å². The van der Waals surface area contributed by atoms with Crippen molar-refractivity contribution in [2.75, 3.05) is 17.4 Å². The van der Waals surface area contributed by atoms with E-state index in [0.29, 0.717) is 23.2 Å². The Kier molecular flexibility index (Phi) is 8.53. The van der Waals surface area contributed by atoms with Gasteiger partial charge < -0.3 is 5.32 Å². The quantitative estimate of drug-likeness (QED) is 0.391. The minimum absolute atomic E-state index is 0.147. The summed E-state index contributed by atoms with van der Waals surface area (Å²) in [5.41, 5.74) is 2.69. The Morgan fingerprint density at radius 3 is 2.18 bits per heavy atom. The van der Waals surface area contributed by atoms with Crippen LogP contribution in [0.5, 0.6) is 0 Å². The third kappa shape index (κ3) is 6.83. The van der Waals surface area contributed by atoms with E-state index in [4.69, 9.17) is 11.6 Å². The summed E-state index contributed by atoms with van der Waals surface area (Å²) >= 11 is 5.91. The van der Waals surface area contributed by atoms with Crippen molar-refractivity contribution in [3.63, 3.8) is 0 Å². The minimum Gasteiger partial charge on any atom is -0.355 e. The Morgan fingerprint density at radius 2 is 1.58 bits per heavy atom. The number of aryl methyl sites for hydroxylation is 1. The van der Waals surface area contributed by atoms with Gasteiger partial charge in [-0.3, -0.25) is 9.10 Å². The third-order valence-corrected chi connectivity index (χ3v) is 7.38. The first kappa shape index (κ1) is 24.8. The number of anilines is 1. The molecule has 0 bridgehead atoms. The maximum Gasteiger partial charge on any atom is 0.264 e. The number of benzene rings is 3. The van der Waals surface area contributed by atoms with Crippen molar-refractivity contribution < 1.29 is 13.2 Å². The number of nitrogens with one attached hydrogen (secondary N) is 1. The predicted octanol–water partition coefficient (Wildman–Crippen LogP) is 5.41. The van der Waals surface area contributed by atoms with Gasteiger partial charge in [0.15, 0.2) is 0 Å². The van der Waals surface area contributed by atoms with Crippen molar-refractivity contribution in [1.82, 2.24) is 5.32 Å². The highest BCUT2D eigenvalue weighted by atomic mass is 35.5. The minimum atomic E-state index is -3.90. The molecule has 7 heteroatoms. The van der Waals surface area contributed by atoms with Crippen LogP contribution in [0, 0.1) is 0 Å². The lowest BCUT2D eigenvalue weighted by Crippen LogP contribution is -2.41. The lowest BCUT2D eigenvalue weighted by Gasteiger charge is -2.24. The van der Waals surface area contributed by atoms with Gasteiger partial charge in [-0.05, 0) is 66.3 Å². The summed E-state index contributed by atoms with van der Waals surface area (Å²) in [4.78, 5) is 12.8. The fourth-order valence-electron chi connectivity index (χ4n) is 3.42. The van der Waals surface area contributed by atoms with Crippen LogP contribution < -0.4 is 9.62 Å². The van der Waals surface area contributed by atoms with Crippen LogP contribution in [0.1, 0.15) is 37.3 Å². The molecule has 0 aliphatic carbocycles. The summed E-state index contributed by atoms with van der Waals surface area (Å²) in [6, 6.07) is 23.1. The second kappa shape index (κ2) is 11.3. The molecular formula is C26H29ClN2O3S. The largest absolute Gasteiger partial charge is 0.355 e. The summed E-state index contributed by atoms with van der Waals surface area (Å²) in [6.45, 7) is 4.31. The number of nitrogens with zero attached hydrogens (tertiary/aromatic N) is 1. The third-order valence-electron chi connectivity index (χ3n) is 5.34. The summed E-state index contributed by atoms with van der Waals surface area (Å²) < 4.78 is 27.9. The average Bonchev–Trinajstić information content (AvgIpc) is 2.82. The molecule has 1 amide bonds. The van der Waals surface area contributed by atoms with Crippen LogP contribution >= 0.6 is 11.6 Å². The highest BCUT2D eigenvalue weighted by Gasteiger charge is 2.27. The highest BCUT2D eigenvalue weighted by Crippen LogP contribution is 2.25. The predicted molar refractivity (Wildman–Crippen MR) is 134 cm³/mol. The number of rotatable bonds is 10. The topological polar surface area (TPSA) is 66.5 Å². The van der Waals surface area contributed by atoms with Crippen LogP contribution in [-0.4, -0.2) is 27.4 Å². The molecular weight excluding hydrogens is 456 g/mol. The van der Waals surface area contributed by atoms with Gasteiger partial charge in [-0.2, -0.15) is 0 Å². The fraction of sp³-hybridized carbons (Fsp3) is 0.269. The lowest BCUT2D eigenvalue weighted by atomic mass is 10.0. The zero-order chi connectivity index (χ0) is 23.8. The average molecular weight is 485 g/mol. The van der Waals surface area contributed by atoms with E-state index in [1.54, 1.807) is 30.3 Å². The van der Waals surface area contributed by atoms with E-state index in [2.05, 4.69) is 19.2 Å². The smallest absolute Gasteiger partial charge is 0.264 e. The first-order valence-electron chi connectivity index (χ1n) is 11.0. The SMILES string of the molecule is CC(C)c1ccc(N(CC(=O)NCCCc2ccc(Cl)cc2)S(=O)(=O)c2ccccc2)cc1. The van der Waals surface area contributed by atoms with E-state index >= 15 is 0 Å². The van der Waals surface area contributed by atoms with Crippen molar-refractivity contribution in [1.29, 1.82) is 0 Å². The zero-order valence-corrected chi connectivity index (χ0v) is 20.4. The van der Waals surface area contributed by atoms with E-state index in [-0.39, 0.29) is 17.3 Å². The van der Waals surface area contributed by atoms with Crippen molar-refractivity contribution in [3.05, 3.63) is 95.0 Å². The molecule has 0 atom stereocenters. The van der Waals surface area contributed by atoms with Crippen LogP contribution in [0.15, 0.2) is 83.8 Å². The van der Waals surface area contributed by atoms with Gasteiger partial charge in [-0.1, -0.05) is 67.9 Å². The first-order valence-corrected chi connectivity index (χ1v) is 12.8. The van der Waals surface area contributed by atoms with E-state index in [1.807, 2.05) is 36.4 Å². The molecule has 3 rings (SSSR count). The number of hydrogen-bond acceptors (Lipinski definition) is 3. The van der Waals surface area contributed by atoms with Gasteiger partial charge in [-0.25, -0.2) is 8.42 Å². The summed E-state index contributed by atoms with van der Waals surface area (Å²) in [7, 11) is -3.90. The van der Waals surface area contributed by atoms with Crippen molar-refractivity contribution in [2.45, 2.75) is 37.5 Å². The summed E-state index contributed by atoms with van der Waals surface area (Å²) in [5.74, 6) is -0.0271. The second-order valence-electron chi connectivity index (χ2n) is 8.15. The standard InChI is InChI=1S/C26H29ClN2O3S/c1-20(2)22-12-16-24(17-13-22)29(33(31,32)25-8-4-3-5-9-25)19-26(30)28-18-6-7-21-10-14-23(27)15-11-21/h3-5,8-17,20H,6-7,18-19H2,1-2H3,(H,28,30). The molecule has 0 radical (unpaired) electrons. The van der Waals surface area contributed by atoms with Gasteiger partial charge in [0.25, 0.3) is 10.0 Å². The molecule has 0 saturated carbocycles. The van der Waals surface area contributed by atoms with E-state index in [0.717, 1.165) is 24.0 Å². The molecule has 3 aromatic carbocycles. The number of halogens is 1. The van der Waals surface area contributed by atoms with Gasteiger partial charge in [0.2, 0.25) is 5.91 Å². The summed E-state index contributed by atoms with van der Waals surface area (Å²) in [6.07, 6.45) is 1.53. The number of sulfonamides is 1. The monoisotopic (exact) mass is 484 g/mol. The maximum atomic E-state index is 13.4. The van der Waals surface area contributed by atoms with E-state index in [9.17, 15) is 13.2 Å². The van der Waals surface area contributed by atoms with Crippen LogP contribution in [0.3, 0.4) is 0 Å². The number of carbonyl (C=O) groups excluding carboxylic acids is 1. The van der Waals surface area contributed by atoms with Gasteiger partial charge >= 0.3 is 0 Å². The highest BCUT2D eigenvalue weighted by molar-refractivity contribution is 7.92. The first-order chi connectivity index (χ1) is 15.8. The van der Waals surface area contributed by atoms with Crippen molar-refractivity contribution in [2.24, 2.45) is 0 Å². The molecule has 174 valence electrons. The molecule has 0 saturated heterocycles. The van der Waals surface area contributed by atoms with Gasteiger partial charge in [0.05, 0.1) is 10.6 Å². The molecule has 5 nitrogen and oxygen atoms in total. The molecule has 0 heterocycles. The van der Waals surface area contributed by atoms with E-state index < -0.39 is 10.0 Å². The Hall–Kier alpha value is -2.83. The Morgan fingerprint density at radius 1 is 0.939 bits per heavy atom. The van der Waals surface area contributed by atoms with Crippen molar-refractivity contribution >= 4 is 33.2 Å². The molecule has 1 N–H and O–H groups in total. The number of hydrogen-bond donors (Lipinski definition) is 1. The molecule has 0 aliphatic rings. The van der Waals surface area contributed by atoms with Crippen LogP contribution in [-0.2, 0) is 21.2 Å². The van der Waals surface area contributed by atoms with Gasteiger partial charge in [-0.15, -0.1) is 0 Å².